The van der Waals surface area contributed by atoms with Gasteiger partial charge in [-0.1, -0.05) is 80.4 Å². The summed E-state index contributed by atoms with van der Waals surface area (Å²) in [5, 5.41) is 3.00. The molecule has 2 rings (SSSR count). The number of hydrogen-bond donors (Lipinski definition) is 1. The molecule has 2 aromatic carbocycles. The largest absolute Gasteiger partial charge is 0.354 e. The minimum absolute atomic E-state index is 0.0260. The van der Waals surface area contributed by atoms with Gasteiger partial charge >= 0.3 is 0 Å². The lowest BCUT2D eigenvalue weighted by Crippen LogP contribution is -2.50. The Kier molecular flexibility index (Phi) is 8.44. The molecule has 156 valence electrons. The molecule has 0 aliphatic rings. The van der Waals surface area contributed by atoms with Crippen LogP contribution >= 0.6 is 0 Å². The van der Waals surface area contributed by atoms with Crippen LogP contribution in [0.15, 0.2) is 48.5 Å². The van der Waals surface area contributed by atoms with Gasteiger partial charge in [-0.3, -0.25) is 9.59 Å². The van der Waals surface area contributed by atoms with Crippen LogP contribution < -0.4 is 5.32 Å². The Morgan fingerprint density at radius 2 is 1.66 bits per heavy atom. The van der Waals surface area contributed by atoms with Crippen LogP contribution in [0.3, 0.4) is 0 Å². The molecule has 2 aromatic rings. The normalized spacial score (nSPS) is 11.9. The highest BCUT2D eigenvalue weighted by molar-refractivity contribution is 5.88. The highest BCUT2D eigenvalue weighted by Gasteiger charge is 2.28. The molecule has 1 atom stereocenters. The Hall–Kier alpha value is -2.62. The molecule has 4 heteroatoms. The quantitative estimate of drug-likeness (QED) is 0.684. The number of nitrogens with zero attached hydrogens (tertiary/aromatic N) is 1. The standard InChI is InChI=1S/C25H34N2O2/c1-6-23(25(29)26-16-18(2)3)27(17-22-9-7-8-20(5)14-22)24(28)15-21-12-10-19(4)11-13-21/h7-14,18,23H,6,15-17H2,1-5H3,(H,26,29)/t23-/m1/s1. The van der Waals surface area contributed by atoms with Crippen LogP contribution in [-0.2, 0) is 22.6 Å². The maximum absolute atomic E-state index is 13.3. The third kappa shape index (κ3) is 7.04. The van der Waals surface area contributed by atoms with Crippen LogP contribution in [0.2, 0.25) is 0 Å². The van der Waals surface area contributed by atoms with Crippen molar-refractivity contribution in [2.75, 3.05) is 6.54 Å². The molecule has 0 aliphatic heterocycles. The fourth-order valence-corrected chi connectivity index (χ4v) is 3.33. The number of carbonyl (C=O) groups is 2. The van der Waals surface area contributed by atoms with E-state index in [-0.39, 0.29) is 11.8 Å². The minimum Gasteiger partial charge on any atom is -0.354 e. The number of carbonyl (C=O) groups excluding carboxylic acids is 2. The maximum atomic E-state index is 13.3. The SMILES string of the molecule is CC[C@H](C(=O)NCC(C)C)N(Cc1cccc(C)c1)C(=O)Cc1ccc(C)cc1. The van der Waals surface area contributed by atoms with Gasteiger partial charge in [-0.2, -0.15) is 0 Å². The lowest BCUT2D eigenvalue weighted by molar-refractivity contribution is -0.141. The van der Waals surface area contributed by atoms with Crippen molar-refractivity contribution >= 4 is 11.8 Å². The van der Waals surface area contributed by atoms with E-state index in [1.54, 1.807) is 4.90 Å². The van der Waals surface area contributed by atoms with Crippen LogP contribution in [0.5, 0.6) is 0 Å². The number of hydrogen-bond acceptors (Lipinski definition) is 2. The fourth-order valence-electron chi connectivity index (χ4n) is 3.33. The first-order valence-electron chi connectivity index (χ1n) is 10.5. The van der Waals surface area contributed by atoms with Crippen molar-refractivity contribution in [3.05, 3.63) is 70.8 Å². The molecule has 0 heterocycles. The molecule has 0 fully saturated rings. The van der Waals surface area contributed by atoms with E-state index in [0.29, 0.717) is 31.8 Å². The number of benzene rings is 2. The van der Waals surface area contributed by atoms with Crippen molar-refractivity contribution in [3.63, 3.8) is 0 Å². The minimum atomic E-state index is -0.479. The first-order chi connectivity index (χ1) is 13.8. The smallest absolute Gasteiger partial charge is 0.242 e. The molecule has 1 N–H and O–H groups in total. The summed E-state index contributed by atoms with van der Waals surface area (Å²) in [6.07, 6.45) is 0.870. The molecule has 4 nitrogen and oxygen atoms in total. The van der Waals surface area contributed by atoms with Crippen molar-refractivity contribution in [1.82, 2.24) is 10.2 Å². The zero-order valence-electron chi connectivity index (χ0n) is 18.4. The molecule has 0 aromatic heterocycles. The molecular weight excluding hydrogens is 360 g/mol. The molecule has 29 heavy (non-hydrogen) atoms. The first-order valence-corrected chi connectivity index (χ1v) is 10.5. The second-order valence-electron chi connectivity index (χ2n) is 8.24. The van der Waals surface area contributed by atoms with Crippen LogP contribution in [0.1, 0.15) is 49.4 Å². The van der Waals surface area contributed by atoms with Gasteiger partial charge in [0.2, 0.25) is 11.8 Å². The summed E-state index contributed by atoms with van der Waals surface area (Å²) in [4.78, 5) is 27.9. The molecule has 0 bridgehead atoms. The zero-order valence-corrected chi connectivity index (χ0v) is 18.4. The number of rotatable bonds is 9. The third-order valence-electron chi connectivity index (χ3n) is 4.98. The second kappa shape index (κ2) is 10.8. The molecule has 0 spiro atoms. The Morgan fingerprint density at radius 3 is 2.24 bits per heavy atom. The lowest BCUT2D eigenvalue weighted by atomic mass is 10.0. The van der Waals surface area contributed by atoms with E-state index in [9.17, 15) is 9.59 Å². The summed E-state index contributed by atoms with van der Waals surface area (Å²) in [5.74, 6) is 0.262. The molecule has 0 saturated carbocycles. The van der Waals surface area contributed by atoms with E-state index in [0.717, 1.165) is 22.3 Å². The van der Waals surface area contributed by atoms with Crippen LogP contribution in [0, 0.1) is 19.8 Å². The maximum Gasteiger partial charge on any atom is 0.242 e. The summed E-state index contributed by atoms with van der Waals surface area (Å²) in [5.41, 5.74) is 4.31. The Morgan fingerprint density at radius 1 is 0.966 bits per heavy atom. The van der Waals surface area contributed by atoms with Gasteiger partial charge < -0.3 is 10.2 Å². The van der Waals surface area contributed by atoms with E-state index in [1.807, 2.05) is 63.2 Å². The Labute approximate surface area is 175 Å². The summed E-state index contributed by atoms with van der Waals surface area (Å²) >= 11 is 0. The Bertz CT molecular complexity index is 812. The topological polar surface area (TPSA) is 49.4 Å². The van der Waals surface area contributed by atoms with E-state index in [2.05, 4.69) is 25.2 Å². The van der Waals surface area contributed by atoms with Gasteiger partial charge in [0.1, 0.15) is 6.04 Å². The van der Waals surface area contributed by atoms with Crippen molar-refractivity contribution in [2.24, 2.45) is 5.92 Å². The van der Waals surface area contributed by atoms with Crippen molar-refractivity contribution in [2.45, 2.75) is 60.0 Å². The third-order valence-corrected chi connectivity index (χ3v) is 4.98. The highest BCUT2D eigenvalue weighted by atomic mass is 16.2. The summed E-state index contributed by atoms with van der Waals surface area (Å²) < 4.78 is 0. The zero-order chi connectivity index (χ0) is 21.4. The van der Waals surface area contributed by atoms with Crippen LogP contribution in [0.4, 0.5) is 0 Å². The van der Waals surface area contributed by atoms with E-state index in [1.165, 1.54) is 0 Å². The summed E-state index contributed by atoms with van der Waals surface area (Å²) in [6.45, 7) is 11.2. The van der Waals surface area contributed by atoms with Gasteiger partial charge in [0.15, 0.2) is 0 Å². The highest BCUT2D eigenvalue weighted by Crippen LogP contribution is 2.16. The second-order valence-corrected chi connectivity index (χ2v) is 8.24. The van der Waals surface area contributed by atoms with Crippen LogP contribution in [0.25, 0.3) is 0 Å². The lowest BCUT2D eigenvalue weighted by Gasteiger charge is -2.31. The molecule has 0 saturated heterocycles. The first kappa shape index (κ1) is 22.7. The number of amides is 2. The van der Waals surface area contributed by atoms with E-state index < -0.39 is 6.04 Å². The van der Waals surface area contributed by atoms with Gasteiger partial charge in [-0.05, 0) is 37.3 Å². The van der Waals surface area contributed by atoms with Crippen molar-refractivity contribution in [3.8, 4) is 0 Å². The molecular formula is C25H34N2O2. The summed E-state index contributed by atoms with van der Waals surface area (Å²) in [7, 11) is 0. The average Bonchev–Trinajstić information content (AvgIpc) is 2.68. The van der Waals surface area contributed by atoms with Gasteiger partial charge in [0, 0.05) is 13.1 Å². The van der Waals surface area contributed by atoms with Gasteiger partial charge in [0.25, 0.3) is 0 Å². The monoisotopic (exact) mass is 394 g/mol. The predicted molar refractivity (Wildman–Crippen MR) is 119 cm³/mol. The fraction of sp³-hybridized carbons (Fsp3) is 0.440. The average molecular weight is 395 g/mol. The molecule has 0 radical (unpaired) electrons. The van der Waals surface area contributed by atoms with Gasteiger partial charge in [0.05, 0.1) is 6.42 Å². The molecule has 2 amide bonds. The molecule has 0 unspecified atom stereocenters. The predicted octanol–water partition coefficient (Wildman–Crippen LogP) is 4.43. The number of aryl methyl sites for hydroxylation is 2. The number of nitrogens with one attached hydrogen (secondary N) is 1. The van der Waals surface area contributed by atoms with E-state index in [4.69, 9.17) is 0 Å². The van der Waals surface area contributed by atoms with Gasteiger partial charge in [-0.15, -0.1) is 0 Å². The van der Waals surface area contributed by atoms with Gasteiger partial charge in [-0.25, -0.2) is 0 Å². The van der Waals surface area contributed by atoms with Crippen LogP contribution in [-0.4, -0.2) is 29.3 Å². The Balaban J connectivity index is 2.25. The van der Waals surface area contributed by atoms with E-state index >= 15 is 0 Å². The van der Waals surface area contributed by atoms with Crippen molar-refractivity contribution < 1.29 is 9.59 Å². The summed E-state index contributed by atoms with van der Waals surface area (Å²) in [6, 6.07) is 15.6. The van der Waals surface area contributed by atoms with Crippen molar-refractivity contribution in [1.29, 1.82) is 0 Å². The molecule has 0 aliphatic carbocycles.